The summed E-state index contributed by atoms with van der Waals surface area (Å²) in [5.41, 5.74) is 0.313. The molecule has 3 aromatic carbocycles. The van der Waals surface area contributed by atoms with Crippen molar-refractivity contribution in [2.75, 3.05) is 0 Å². The van der Waals surface area contributed by atoms with E-state index in [1.54, 1.807) is 36.4 Å². The lowest BCUT2D eigenvalue weighted by Crippen LogP contribution is -2.07. The summed E-state index contributed by atoms with van der Waals surface area (Å²) in [7, 11) is 0. The van der Waals surface area contributed by atoms with E-state index in [1.807, 2.05) is 0 Å². The number of rotatable bonds is 5. The molecule has 0 atom stereocenters. The van der Waals surface area contributed by atoms with E-state index in [-0.39, 0.29) is 39.5 Å². The highest BCUT2D eigenvalue weighted by atomic mass is 35.5. The van der Waals surface area contributed by atoms with Crippen LogP contribution in [0.2, 0.25) is 5.02 Å². The number of halogens is 1. The van der Waals surface area contributed by atoms with E-state index < -0.39 is 10.7 Å². The third-order valence-corrected chi connectivity index (χ3v) is 4.90. The third-order valence-electron chi connectivity index (χ3n) is 4.65. The van der Waals surface area contributed by atoms with E-state index in [1.165, 1.54) is 42.7 Å². The van der Waals surface area contributed by atoms with Gasteiger partial charge in [-0.2, -0.15) is 0 Å². The van der Waals surface area contributed by atoms with Crippen LogP contribution in [0.15, 0.2) is 83.5 Å². The first-order valence-corrected chi connectivity index (χ1v) is 9.29. The lowest BCUT2D eigenvalue weighted by atomic mass is 9.90. The summed E-state index contributed by atoms with van der Waals surface area (Å²) < 4.78 is 5.41. The van der Waals surface area contributed by atoms with Gasteiger partial charge in [-0.3, -0.25) is 14.9 Å². The van der Waals surface area contributed by atoms with Crippen molar-refractivity contribution in [3.8, 4) is 28.2 Å². The fourth-order valence-electron chi connectivity index (χ4n) is 3.32. The largest absolute Gasteiger partial charge is 0.507 e. The molecule has 148 valence electrons. The number of nitrogens with zero attached hydrogens (tertiary/aromatic N) is 1. The van der Waals surface area contributed by atoms with Crippen molar-refractivity contribution in [2.45, 2.75) is 0 Å². The summed E-state index contributed by atoms with van der Waals surface area (Å²) in [5, 5.41) is 23.4. The molecule has 4 aromatic rings. The van der Waals surface area contributed by atoms with Crippen LogP contribution in [0.5, 0.6) is 5.75 Å². The maximum Gasteiger partial charge on any atom is 0.289 e. The average Bonchev–Trinajstić information content (AvgIpc) is 3.28. The summed E-state index contributed by atoms with van der Waals surface area (Å²) in [6.07, 6.45) is 1.35. The molecule has 0 fully saturated rings. The van der Waals surface area contributed by atoms with Gasteiger partial charge in [0.05, 0.1) is 22.3 Å². The van der Waals surface area contributed by atoms with Gasteiger partial charge in [-0.25, -0.2) is 0 Å². The van der Waals surface area contributed by atoms with Crippen LogP contribution in [0.3, 0.4) is 0 Å². The predicted molar refractivity (Wildman–Crippen MR) is 113 cm³/mol. The van der Waals surface area contributed by atoms with Crippen molar-refractivity contribution in [3.05, 3.63) is 105 Å². The quantitative estimate of drug-likeness (QED) is 0.239. The van der Waals surface area contributed by atoms with Crippen molar-refractivity contribution in [2.24, 2.45) is 0 Å². The van der Waals surface area contributed by atoms with E-state index in [0.29, 0.717) is 10.6 Å². The van der Waals surface area contributed by atoms with Gasteiger partial charge in [0.25, 0.3) is 5.69 Å². The van der Waals surface area contributed by atoms with E-state index in [0.717, 1.165) is 0 Å². The second-order valence-electron chi connectivity index (χ2n) is 6.48. The van der Waals surface area contributed by atoms with E-state index >= 15 is 0 Å². The molecule has 30 heavy (non-hydrogen) atoms. The summed E-state index contributed by atoms with van der Waals surface area (Å²) >= 11 is 5.90. The summed E-state index contributed by atoms with van der Waals surface area (Å²) in [6, 6.07) is 19.0. The fraction of sp³-hybridized carbons (Fsp3) is 0. The maximum absolute atomic E-state index is 13.2. The zero-order valence-electron chi connectivity index (χ0n) is 15.4. The monoisotopic (exact) mass is 419 g/mol. The number of nitro groups is 1. The van der Waals surface area contributed by atoms with Gasteiger partial charge in [-0.1, -0.05) is 41.9 Å². The summed E-state index contributed by atoms with van der Waals surface area (Å²) in [5.74, 6) is -0.865. The molecule has 1 aromatic heterocycles. The van der Waals surface area contributed by atoms with Gasteiger partial charge in [-0.05, 0) is 48.0 Å². The van der Waals surface area contributed by atoms with Crippen LogP contribution >= 0.6 is 11.6 Å². The summed E-state index contributed by atoms with van der Waals surface area (Å²) in [4.78, 5) is 24.8. The van der Waals surface area contributed by atoms with Gasteiger partial charge in [0.15, 0.2) is 5.78 Å². The Morgan fingerprint density at radius 2 is 1.70 bits per heavy atom. The number of carbonyl (C=O) groups is 1. The molecule has 0 saturated heterocycles. The molecule has 0 saturated carbocycles. The zero-order chi connectivity index (χ0) is 21.3. The van der Waals surface area contributed by atoms with Gasteiger partial charge >= 0.3 is 0 Å². The zero-order valence-corrected chi connectivity index (χ0v) is 16.2. The van der Waals surface area contributed by atoms with Crippen LogP contribution in [0.4, 0.5) is 5.69 Å². The van der Waals surface area contributed by atoms with Gasteiger partial charge in [0.1, 0.15) is 17.1 Å². The molecule has 7 heteroatoms. The first kappa shape index (κ1) is 19.4. The lowest BCUT2D eigenvalue weighted by Gasteiger charge is -2.14. The first-order valence-electron chi connectivity index (χ1n) is 8.91. The Bertz CT molecular complexity index is 1230. The minimum atomic E-state index is -0.585. The Morgan fingerprint density at radius 1 is 1.00 bits per heavy atom. The highest BCUT2D eigenvalue weighted by Gasteiger charge is 2.33. The minimum absolute atomic E-state index is 0.0798. The second-order valence-corrected chi connectivity index (χ2v) is 6.91. The van der Waals surface area contributed by atoms with Gasteiger partial charge in [0.2, 0.25) is 0 Å². The summed E-state index contributed by atoms with van der Waals surface area (Å²) in [6.45, 7) is 0. The van der Waals surface area contributed by atoms with Crippen LogP contribution in [0.25, 0.3) is 22.5 Å². The lowest BCUT2D eigenvalue weighted by molar-refractivity contribution is -0.383. The molecule has 0 spiro atoms. The van der Waals surface area contributed by atoms with Gasteiger partial charge in [0, 0.05) is 10.6 Å². The van der Waals surface area contributed by atoms with Crippen molar-refractivity contribution < 1.29 is 19.2 Å². The Morgan fingerprint density at radius 3 is 2.30 bits per heavy atom. The van der Waals surface area contributed by atoms with Gasteiger partial charge in [-0.15, -0.1) is 0 Å². The van der Waals surface area contributed by atoms with E-state index in [9.17, 15) is 20.0 Å². The molecule has 0 bridgehead atoms. The van der Waals surface area contributed by atoms with E-state index in [2.05, 4.69) is 0 Å². The molecular weight excluding hydrogens is 406 g/mol. The third kappa shape index (κ3) is 3.44. The number of ketones is 1. The van der Waals surface area contributed by atoms with Crippen LogP contribution in [-0.4, -0.2) is 15.8 Å². The minimum Gasteiger partial charge on any atom is -0.507 e. The molecule has 0 radical (unpaired) electrons. The number of benzene rings is 3. The number of aromatic hydroxyl groups is 1. The highest BCUT2D eigenvalue weighted by Crippen LogP contribution is 2.45. The number of phenols is 1. The Kier molecular flexibility index (Phi) is 5.08. The topological polar surface area (TPSA) is 93.6 Å². The molecule has 1 heterocycles. The van der Waals surface area contributed by atoms with Gasteiger partial charge < -0.3 is 9.52 Å². The van der Waals surface area contributed by atoms with Crippen LogP contribution in [0.1, 0.15) is 15.9 Å². The predicted octanol–water partition coefficient (Wildman–Crippen LogP) is 6.11. The highest BCUT2D eigenvalue weighted by molar-refractivity contribution is 6.30. The molecule has 1 N–H and O–H groups in total. The van der Waals surface area contributed by atoms with Crippen LogP contribution < -0.4 is 0 Å². The van der Waals surface area contributed by atoms with Crippen molar-refractivity contribution in [3.63, 3.8) is 0 Å². The number of nitro benzene ring substituents is 1. The Hall–Kier alpha value is -3.90. The molecular formula is C23H14ClNO5. The number of carbonyl (C=O) groups excluding carboxylic acids is 1. The van der Waals surface area contributed by atoms with E-state index in [4.69, 9.17) is 16.0 Å². The molecule has 0 aliphatic heterocycles. The standard InChI is InChI=1S/C23H14ClNO5/c24-16-10-8-15(9-11-16)23(27)20-18(26)13-17(14-5-2-1-3-6-14)22(25(28)29)21(20)19-7-4-12-30-19/h1-13,26H. The second kappa shape index (κ2) is 7.85. The Labute approximate surface area is 176 Å². The molecule has 4 rings (SSSR count). The maximum atomic E-state index is 13.2. The normalized spacial score (nSPS) is 10.7. The van der Waals surface area contributed by atoms with Crippen LogP contribution in [0, 0.1) is 10.1 Å². The number of furan rings is 1. The van der Waals surface area contributed by atoms with Crippen molar-refractivity contribution in [1.82, 2.24) is 0 Å². The first-order chi connectivity index (χ1) is 14.5. The SMILES string of the molecule is O=C(c1ccc(Cl)cc1)c1c(O)cc(-c2ccccc2)c([N+](=O)[O-])c1-c1ccco1. The molecule has 0 aliphatic rings. The fourth-order valence-corrected chi connectivity index (χ4v) is 3.45. The number of phenolic OH excluding ortho intramolecular Hbond substituents is 1. The number of hydrogen-bond donors (Lipinski definition) is 1. The average molecular weight is 420 g/mol. The number of hydrogen-bond acceptors (Lipinski definition) is 5. The molecule has 0 amide bonds. The Balaban J connectivity index is 2.06. The molecule has 0 aliphatic carbocycles. The molecule has 6 nitrogen and oxygen atoms in total. The molecule has 0 unspecified atom stereocenters. The van der Waals surface area contributed by atoms with Crippen molar-refractivity contribution >= 4 is 23.1 Å². The van der Waals surface area contributed by atoms with Crippen LogP contribution in [-0.2, 0) is 0 Å². The van der Waals surface area contributed by atoms with Crippen molar-refractivity contribution in [1.29, 1.82) is 0 Å². The smallest absolute Gasteiger partial charge is 0.289 e.